The van der Waals surface area contributed by atoms with Crippen molar-refractivity contribution in [3.63, 3.8) is 0 Å². The van der Waals surface area contributed by atoms with Gasteiger partial charge in [-0.3, -0.25) is 4.79 Å². The fraction of sp³-hybridized carbons (Fsp3) is 0.529. The van der Waals surface area contributed by atoms with E-state index in [9.17, 15) is 9.18 Å². The molecule has 0 aliphatic rings. The third-order valence-electron chi connectivity index (χ3n) is 3.59. The number of benzene rings is 1. The highest BCUT2D eigenvalue weighted by molar-refractivity contribution is 14.0. The zero-order chi connectivity index (χ0) is 18.1. The molecule has 1 aromatic rings. The maximum atomic E-state index is 13.8. The van der Waals surface area contributed by atoms with Gasteiger partial charge >= 0.3 is 0 Å². The van der Waals surface area contributed by atoms with Gasteiger partial charge in [-0.2, -0.15) is 0 Å². The molecule has 0 unspecified atom stereocenters. The van der Waals surface area contributed by atoms with E-state index in [2.05, 4.69) is 26.2 Å². The van der Waals surface area contributed by atoms with Gasteiger partial charge in [0.1, 0.15) is 5.82 Å². The van der Waals surface area contributed by atoms with Crippen LogP contribution in [0.5, 0.6) is 0 Å². The van der Waals surface area contributed by atoms with Gasteiger partial charge in [0.05, 0.1) is 13.1 Å². The lowest BCUT2D eigenvalue weighted by molar-refractivity contribution is -0.131. The summed E-state index contributed by atoms with van der Waals surface area (Å²) in [5.41, 5.74) is 0.503. The van der Waals surface area contributed by atoms with Crippen molar-refractivity contribution in [1.29, 1.82) is 0 Å². The highest BCUT2D eigenvalue weighted by Gasteiger charge is 2.15. The molecule has 1 aromatic carbocycles. The molecule has 0 aliphatic heterocycles. The number of rotatable bonds is 7. The van der Waals surface area contributed by atoms with Gasteiger partial charge in [0.2, 0.25) is 5.91 Å². The van der Waals surface area contributed by atoms with Crippen LogP contribution in [0, 0.1) is 5.82 Å². The van der Waals surface area contributed by atoms with Crippen molar-refractivity contribution in [2.45, 2.75) is 27.3 Å². The number of nitrogens with one attached hydrogen (secondary N) is 1. The summed E-state index contributed by atoms with van der Waals surface area (Å²) in [5.74, 6) is 0.332. The largest absolute Gasteiger partial charge is 0.357 e. The Morgan fingerprint density at radius 1 is 1.28 bits per heavy atom. The average molecular weight is 529 g/mol. The SMILES string of the molecule is CCNC(=NCc1cc(Br)ccc1F)N(C)CC(=O)N(CC)CC.I. The second-order valence-corrected chi connectivity index (χ2v) is 6.24. The van der Waals surface area contributed by atoms with Crippen LogP contribution < -0.4 is 5.32 Å². The number of amides is 1. The first-order chi connectivity index (χ1) is 11.4. The fourth-order valence-electron chi connectivity index (χ4n) is 2.25. The van der Waals surface area contributed by atoms with Gasteiger partial charge in [-0.05, 0) is 39.0 Å². The van der Waals surface area contributed by atoms with Crippen molar-refractivity contribution in [2.75, 3.05) is 33.2 Å². The van der Waals surface area contributed by atoms with Crippen LogP contribution in [0.2, 0.25) is 0 Å². The maximum Gasteiger partial charge on any atom is 0.242 e. The van der Waals surface area contributed by atoms with E-state index in [4.69, 9.17) is 0 Å². The molecule has 0 saturated carbocycles. The summed E-state index contributed by atoms with van der Waals surface area (Å²) in [6, 6.07) is 4.78. The van der Waals surface area contributed by atoms with Crippen molar-refractivity contribution in [3.05, 3.63) is 34.1 Å². The van der Waals surface area contributed by atoms with Crippen LogP contribution in [0.1, 0.15) is 26.3 Å². The molecule has 1 N–H and O–H groups in total. The predicted molar refractivity (Wildman–Crippen MR) is 115 cm³/mol. The first kappa shape index (κ1) is 24.1. The van der Waals surface area contributed by atoms with Crippen molar-refractivity contribution >= 4 is 51.8 Å². The summed E-state index contributed by atoms with van der Waals surface area (Å²) in [7, 11) is 1.81. The van der Waals surface area contributed by atoms with Crippen LogP contribution in [0.25, 0.3) is 0 Å². The monoisotopic (exact) mass is 528 g/mol. The molecule has 0 heterocycles. The molecule has 0 fully saturated rings. The molecule has 0 radical (unpaired) electrons. The van der Waals surface area contributed by atoms with E-state index in [1.165, 1.54) is 6.07 Å². The third kappa shape index (κ3) is 7.89. The molecule has 5 nitrogen and oxygen atoms in total. The van der Waals surface area contributed by atoms with Crippen LogP contribution in [-0.2, 0) is 11.3 Å². The smallest absolute Gasteiger partial charge is 0.242 e. The first-order valence-electron chi connectivity index (χ1n) is 8.14. The van der Waals surface area contributed by atoms with Crippen LogP contribution >= 0.6 is 39.9 Å². The van der Waals surface area contributed by atoms with Gasteiger partial charge < -0.3 is 15.1 Å². The van der Waals surface area contributed by atoms with Gasteiger partial charge in [-0.25, -0.2) is 9.38 Å². The number of aliphatic imine (C=N–C) groups is 1. The Balaban J connectivity index is 0.00000576. The van der Waals surface area contributed by atoms with Gasteiger partial charge in [0.25, 0.3) is 0 Å². The second-order valence-electron chi connectivity index (χ2n) is 5.33. The number of guanidine groups is 1. The number of likely N-dealkylation sites (N-methyl/N-ethyl adjacent to an activating group) is 2. The number of carbonyl (C=O) groups is 1. The van der Waals surface area contributed by atoms with Crippen molar-refractivity contribution in [1.82, 2.24) is 15.1 Å². The summed E-state index contributed by atoms with van der Waals surface area (Å²) in [4.78, 5) is 20.2. The molecular weight excluding hydrogens is 502 g/mol. The Morgan fingerprint density at radius 2 is 1.92 bits per heavy atom. The van der Waals surface area contributed by atoms with Crippen LogP contribution in [0.3, 0.4) is 0 Å². The lowest BCUT2D eigenvalue weighted by atomic mass is 10.2. The highest BCUT2D eigenvalue weighted by Crippen LogP contribution is 2.16. The summed E-state index contributed by atoms with van der Waals surface area (Å²) < 4.78 is 14.6. The minimum Gasteiger partial charge on any atom is -0.357 e. The van der Waals surface area contributed by atoms with E-state index in [1.807, 2.05) is 20.8 Å². The minimum atomic E-state index is -0.292. The van der Waals surface area contributed by atoms with Crippen LogP contribution in [-0.4, -0.2) is 54.9 Å². The lowest BCUT2D eigenvalue weighted by Crippen LogP contribution is -2.45. The van der Waals surface area contributed by atoms with Crippen LogP contribution in [0.15, 0.2) is 27.7 Å². The summed E-state index contributed by atoms with van der Waals surface area (Å²) in [6.45, 7) is 8.33. The fourth-order valence-corrected chi connectivity index (χ4v) is 2.66. The molecule has 0 aliphatic carbocycles. The second kappa shape index (κ2) is 12.5. The van der Waals surface area contributed by atoms with Gasteiger partial charge in [-0.1, -0.05) is 15.9 Å². The average Bonchev–Trinajstić information content (AvgIpc) is 2.55. The number of hydrogen-bond acceptors (Lipinski definition) is 2. The Bertz CT molecular complexity index is 582. The van der Waals surface area contributed by atoms with Gasteiger partial charge in [-0.15, -0.1) is 24.0 Å². The van der Waals surface area contributed by atoms with Gasteiger partial charge in [0.15, 0.2) is 5.96 Å². The van der Waals surface area contributed by atoms with Crippen molar-refractivity contribution in [2.24, 2.45) is 4.99 Å². The molecule has 0 bridgehead atoms. The topological polar surface area (TPSA) is 47.9 Å². The molecule has 1 amide bonds. The Hall–Kier alpha value is -0.900. The molecule has 142 valence electrons. The van der Waals surface area contributed by atoms with Crippen molar-refractivity contribution < 1.29 is 9.18 Å². The molecule has 1 rings (SSSR count). The van der Waals surface area contributed by atoms with Gasteiger partial charge in [0, 0.05) is 36.7 Å². The predicted octanol–water partition coefficient (Wildman–Crippen LogP) is 3.47. The Labute approximate surface area is 175 Å². The van der Waals surface area contributed by atoms with E-state index < -0.39 is 0 Å². The van der Waals surface area contributed by atoms with E-state index in [-0.39, 0.29) is 48.8 Å². The molecular formula is C17H27BrFIN4O. The molecule has 0 saturated heterocycles. The minimum absolute atomic E-state index is 0. The first-order valence-corrected chi connectivity index (χ1v) is 8.93. The van der Waals surface area contributed by atoms with E-state index >= 15 is 0 Å². The quantitative estimate of drug-likeness (QED) is 0.335. The lowest BCUT2D eigenvalue weighted by Gasteiger charge is -2.25. The number of carbonyl (C=O) groups excluding carboxylic acids is 1. The zero-order valence-electron chi connectivity index (χ0n) is 15.2. The normalized spacial score (nSPS) is 10.9. The molecule has 8 heteroatoms. The number of halogens is 3. The Morgan fingerprint density at radius 3 is 2.48 bits per heavy atom. The standard InChI is InChI=1S/C17H26BrFN4O.HI/c1-5-20-17(22(4)12-16(24)23(6-2)7-3)21-11-13-10-14(18)8-9-15(13)19;/h8-10H,5-7,11-12H2,1-4H3,(H,20,21);1H. The highest BCUT2D eigenvalue weighted by atomic mass is 127. The van der Waals surface area contributed by atoms with Crippen molar-refractivity contribution in [3.8, 4) is 0 Å². The molecule has 0 aromatic heterocycles. The summed E-state index contributed by atoms with van der Waals surface area (Å²) in [6.07, 6.45) is 0. The zero-order valence-corrected chi connectivity index (χ0v) is 19.1. The summed E-state index contributed by atoms with van der Waals surface area (Å²) in [5, 5.41) is 3.14. The Kier molecular flexibility index (Phi) is 12.0. The number of nitrogens with zero attached hydrogens (tertiary/aromatic N) is 3. The van der Waals surface area contributed by atoms with E-state index in [0.717, 1.165) is 4.47 Å². The third-order valence-corrected chi connectivity index (χ3v) is 4.09. The molecule has 0 atom stereocenters. The van der Waals surface area contributed by atoms with E-state index in [0.29, 0.717) is 31.2 Å². The molecule has 0 spiro atoms. The maximum absolute atomic E-state index is 13.8. The number of hydrogen-bond donors (Lipinski definition) is 1. The summed E-state index contributed by atoms with van der Waals surface area (Å²) >= 11 is 3.34. The van der Waals surface area contributed by atoms with Crippen LogP contribution in [0.4, 0.5) is 4.39 Å². The molecule has 25 heavy (non-hydrogen) atoms. The van der Waals surface area contributed by atoms with E-state index in [1.54, 1.807) is 29.0 Å².